The summed E-state index contributed by atoms with van der Waals surface area (Å²) in [6.45, 7) is 8.02. The smallest absolute Gasteiger partial charge is 0.276 e. The highest BCUT2D eigenvalue weighted by Crippen LogP contribution is 2.42. The summed E-state index contributed by atoms with van der Waals surface area (Å²) in [6, 6.07) is 7.49. The molecule has 0 fully saturated rings. The van der Waals surface area contributed by atoms with E-state index >= 15 is 0 Å². The maximum absolute atomic E-state index is 13.9. The maximum Gasteiger partial charge on any atom is 0.276 e. The van der Waals surface area contributed by atoms with Crippen molar-refractivity contribution in [1.29, 1.82) is 0 Å². The number of rotatable bonds is 5. The van der Waals surface area contributed by atoms with Gasteiger partial charge in [0.1, 0.15) is 17.2 Å². The molecular formula is C32H36N8O3. The fourth-order valence-corrected chi connectivity index (χ4v) is 6.97. The number of aryl methyl sites for hydroxylation is 1. The molecule has 0 bridgehead atoms. The van der Waals surface area contributed by atoms with Crippen LogP contribution in [0.2, 0.25) is 0 Å². The summed E-state index contributed by atoms with van der Waals surface area (Å²) in [5.74, 6) is 1.61. The Labute approximate surface area is 249 Å². The summed E-state index contributed by atoms with van der Waals surface area (Å²) in [4.78, 5) is 48.1. The van der Waals surface area contributed by atoms with Crippen LogP contribution >= 0.6 is 0 Å². The van der Waals surface area contributed by atoms with Crippen molar-refractivity contribution in [2.45, 2.75) is 58.2 Å². The molecule has 1 aliphatic carbocycles. The van der Waals surface area contributed by atoms with Crippen molar-refractivity contribution < 1.29 is 9.59 Å². The highest BCUT2D eigenvalue weighted by atomic mass is 16.2. The molecular weight excluding hydrogens is 544 g/mol. The van der Waals surface area contributed by atoms with Gasteiger partial charge in [-0.3, -0.25) is 28.9 Å². The number of nitrogens with one attached hydrogen (secondary N) is 1. The lowest BCUT2D eigenvalue weighted by molar-refractivity contribution is 0.0963. The molecule has 0 spiro atoms. The van der Waals surface area contributed by atoms with Gasteiger partial charge in [0.05, 0.1) is 17.8 Å². The third kappa shape index (κ3) is 4.50. The second-order valence-electron chi connectivity index (χ2n) is 12.2. The highest BCUT2D eigenvalue weighted by Gasteiger charge is 2.35. The summed E-state index contributed by atoms with van der Waals surface area (Å²) in [5, 5.41) is 7.85. The SMILES string of the molecule is C[C@@H]1CC[C@H](C)c2c1cc1n2CCN(c2nccc(-c3cc(Nc4cc5n(n4)CCN(C)C5)c(=O)n(C)c3)c2C=O)C1=O. The van der Waals surface area contributed by atoms with Crippen LogP contribution in [0, 0.1) is 0 Å². The Balaban J connectivity index is 1.24. The third-order valence-electron chi connectivity index (χ3n) is 9.30. The van der Waals surface area contributed by atoms with E-state index in [9.17, 15) is 14.4 Å². The molecule has 4 aromatic rings. The van der Waals surface area contributed by atoms with Crippen LogP contribution < -0.4 is 15.8 Å². The summed E-state index contributed by atoms with van der Waals surface area (Å²) in [6.07, 6.45) is 6.31. The van der Waals surface area contributed by atoms with Crippen molar-refractivity contribution in [3.8, 4) is 11.1 Å². The molecule has 0 saturated carbocycles. The van der Waals surface area contributed by atoms with Crippen LogP contribution in [0.15, 0.2) is 41.5 Å². The lowest BCUT2D eigenvalue weighted by Crippen LogP contribution is -2.41. The summed E-state index contributed by atoms with van der Waals surface area (Å²) in [7, 11) is 3.75. The Bertz CT molecular complexity index is 1830. The van der Waals surface area contributed by atoms with Gasteiger partial charge >= 0.3 is 0 Å². The first-order valence-corrected chi connectivity index (χ1v) is 15.0. The molecule has 0 aromatic carbocycles. The van der Waals surface area contributed by atoms with Crippen molar-refractivity contribution in [1.82, 2.24) is 28.8 Å². The van der Waals surface area contributed by atoms with E-state index in [2.05, 4.69) is 45.8 Å². The van der Waals surface area contributed by atoms with E-state index < -0.39 is 0 Å². The predicted molar refractivity (Wildman–Crippen MR) is 164 cm³/mol. The molecule has 4 aromatic heterocycles. The molecule has 1 amide bonds. The van der Waals surface area contributed by atoms with E-state index in [0.717, 1.165) is 44.5 Å². The zero-order valence-electron chi connectivity index (χ0n) is 25.0. The largest absolute Gasteiger partial charge is 0.338 e. The fraction of sp³-hybridized carbons (Fsp3) is 0.406. The summed E-state index contributed by atoms with van der Waals surface area (Å²) < 4.78 is 5.62. The number of nitrogens with zero attached hydrogens (tertiary/aromatic N) is 7. The van der Waals surface area contributed by atoms with E-state index in [-0.39, 0.29) is 11.5 Å². The molecule has 222 valence electrons. The first kappa shape index (κ1) is 27.3. The van der Waals surface area contributed by atoms with Gasteiger partial charge in [0.25, 0.3) is 11.5 Å². The summed E-state index contributed by atoms with van der Waals surface area (Å²) in [5.41, 5.74) is 5.97. The number of carbonyl (C=O) groups is 2. The Morgan fingerprint density at radius 2 is 1.81 bits per heavy atom. The minimum absolute atomic E-state index is 0.148. The van der Waals surface area contributed by atoms with E-state index in [0.29, 0.717) is 64.6 Å². The zero-order valence-corrected chi connectivity index (χ0v) is 25.0. The number of hydrogen-bond acceptors (Lipinski definition) is 7. The first-order chi connectivity index (χ1) is 20.7. The molecule has 6 heterocycles. The molecule has 3 aliphatic rings. The molecule has 11 heteroatoms. The number of fused-ring (bicyclic) bond motifs is 4. The molecule has 1 N–H and O–H groups in total. The molecule has 0 unspecified atom stereocenters. The van der Waals surface area contributed by atoms with Gasteiger partial charge in [0.2, 0.25) is 0 Å². The Kier molecular flexibility index (Phi) is 6.57. The number of carbonyl (C=O) groups excluding carboxylic acids is 2. The zero-order chi connectivity index (χ0) is 30.0. The maximum atomic E-state index is 13.9. The lowest BCUT2D eigenvalue weighted by atomic mass is 9.82. The van der Waals surface area contributed by atoms with Gasteiger partial charge in [-0.1, -0.05) is 13.8 Å². The predicted octanol–water partition coefficient (Wildman–Crippen LogP) is 4.11. The standard InChI is InChI=1S/C32H36N8O3/c1-19-5-6-20(2)29-24(19)15-27-32(43)39(11-10-38(27)29)30-25(18-41)23(7-8-33-30)21-13-26(31(42)37(4)16-21)34-28-14-22-17-36(3)9-12-40(22)35-28/h7-8,13-16,18-20H,5-6,9-12,17H2,1-4H3,(H,34,35)/t19-,20+/m1/s1. The van der Waals surface area contributed by atoms with Crippen LogP contribution in [-0.2, 0) is 26.7 Å². The number of amides is 1. The number of pyridine rings is 2. The number of anilines is 3. The monoisotopic (exact) mass is 580 g/mol. The molecule has 43 heavy (non-hydrogen) atoms. The molecule has 2 atom stereocenters. The van der Waals surface area contributed by atoms with Crippen LogP contribution in [0.1, 0.15) is 76.3 Å². The van der Waals surface area contributed by atoms with Crippen LogP contribution in [-0.4, -0.2) is 61.1 Å². The van der Waals surface area contributed by atoms with Gasteiger partial charge in [0, 0.05) is 62.9 Å². The van der Waals surface area contributed by atoms with Gasteiger partial charge in [-0.2, -0.15) is 5.10 Å². The normalized spacial score (nSPS) is 20.0. The second-order valence-corrected chi connectivity index (χ2v) is 12.2. The summed E-state index contributed by atoms with van der Waals surface area (Å²) >= 11 is 0. The van der Waals surface area contributed by atoms with Gasteiger partial charge in [-0.15, -0.1) is 0 Å². The first-order valence-electron chi connectivity index (χ1n) is 15.0. The van der Waals surface area contributed by atoms with Crippen molar-refractivity contribution in [2.24, 2.45) is 7.05 Å². The average molecular weight is 581 g/mol. The Hall–Kier alpha value is -4.51. The quantitative estimate of drug-likeness (QED) is 0.354. The van der Waals surface area contributed by atoms with Gasteiger partial charge in [-0.05, 0) is 61.1 Å². The van der Waals surface area contributed by atoms with Crippen LogP contribution in [0.25, 0.3) is 11.1 Å². The van der Waals surface area contributed by atoms with Crippen molar-refractivity contribution in [3.05, 3.63) is 75.2 Å². The Morgan fingerprint density at radius 3 is 2.63 bits per heavy atom. The third-order valence-corrected chi connectivity index (χ3v) is 9.30. The van der Waals surface area contributed by atoms with E-state index in [1.807, 2.05) is 16.8 Å². The van der Waals surface area contributed by atoms with Gasteiger partial charge in [0.15, 0.2) is 12.1 Å². The highest BCUT2D eigenvalue weighted by molar-refractivity contribution is 6.08. The fourth-order valence-electron chi connectivity index (χ4n) is 6.97. The topological polar surface area (TPSA) is 110 Å². The van der Waals surface area contributed by atoms with Crippen molar-refractivity contribution >= 4 is 29.5 Å². The van der Waals surface area contributed by atoms with Gasteiger partial charge in [-0.25, -0.2) is 4.98 Å². The minimum Gasteiger partial charge on any atom is -0.338 e. The molecule has 0 saturated heterocycles. The van der Waals surface area contributed by atoms with E-state index in [1.54, 1.807) is 36.5 Å². The number of aldehydes is 1. The van der Waals surface area contributed by atoms with Crippen LogP contribution in [0.5, 0.6) is 0 Å². The van der Waals surface area contributed by atoms with Crippen LogP contribution in [0.4, 0.5) is 17.3 Å². The van der Waals surface area contributed by atoms with E-state index in [4.69, 9.17) is 0 Å². The van der Waals surface area contributed by atoms with Crippen molar-refractivity contribution in [2.75, 3.05) is 30.4 Å². The molecule has 7 rings (SSSR count). The van der Waals surface area contributed by atoms with E-state index in [1.165, 1.54) is 15.8 Å². The van der Waals surface area contributed by atoms with Crippen LogP contribution in [0.3, 0.4) is 0 Å². The van der Waals surface area contributed by atoms with Gasteiger partial charge < -0.3 is 14.5 Å². The lowest BCUT2D eigenvalue weighted by Gasteiger charge is -2.32. The number of hydrogen-bond donors (Lipinski definition) is 1. The van der Waals surface area contributed by atoms with Crippen molar-refractivity contribution in [3.63, 3.8) is 0 Å². The second kappa shape index (κ2) is 10.3. The number of likely N-dealkylation sites (N-methyl/N-ethyl adjacent to an activating group) is 1. The minimum atomic E-state index is -0.215. The molecule has 0 radical (unpaired) electrons. The molecule has 11 nitrogen and oxygen atoms in total. The number of aromatic nitrogens is 5. The average Bonchev–Trinajstić information content (AvgIpc) is 3.59. The Morgan fingerprint density at radius 1 is 1.00 bits per heavy atom. The molecule has 2 aliphatic heterocycles.